The number of hydrogen-bond acceptors (Lipinski definition) is 6. The number of sulfone groups is 1. The molecular weight excluding hydrogens is 449 g/mol. The van der Waals surface area contributed by atoms with Crippen molar-refractivity contribution in [3.63, 3.8) is 0 Å². The minimum absolute atomic E-state index is 0.0254. The number of benzene rings is 2. The number of rotatable bonds is 4. The maximum absolute atomic E-state index is 13.4. The van der Waals surface area contributed by atoms with Crippen molar-refractivity contribution in [1.29, 1.82) is 0 Å². The van der Waals surface area contributed by atoms with Crippen molar-refractivity contribution in [3.8, 4) is 0 Å². The Bertz CT molecular complexity index is 1070. The minimum Gasteiger partial charge on any atom is -0.361 e. The van der Waals surface area contributed by atoms with E-state index in [-0.39, 0.29) is 16.4 Å². The summed E-state index contributed by atoms with van der Waals surface area (Å²) in [6.45, 7) is -0.869. The molecule has 1 atom stereocenters. The van der Waals surface area contributed by atoms with Crippen LogP contribution in [0.5, 0.6) is 0 Å². The summed E-state index contributed by atoms with van der Waals surface area (Å²) in [7, 11) is -3.47. The summed E-state index contributed by atoms with van der Waals surface area (Å²) in [5, 5.41) is 10.5. The Labute approximate surface area is 175 Å². The fraction of sp³-hybridized carbons (Fsp3) is 0.278. The molecule has 0 aliphatic carbocycles. The standard InChI is InChI=1S/C18H16ClF3N2O3S2/c1-28-15-8-3-11(9-14(15)19)16-23-17(25,18(20,21)22)10-24(16)12-4-6-13(7-5-12)29(2,26)27/h3-9,25H,10H2,1-2H3. The quantitative estimate of drug-likeness (QED) is 0.693. The molecule has 29 heavy (non-hydrogen) atoms. The number of halogens is 4. The molecule has 1 heterocycles. The number of hydrogen-bond donors (Lipinski definition) is 1. The molecule has 0 fully saturated rings. The first-order valence-electron chi connectivity index (χ1n) is 8.16. The largest absolute Gasteiger partial charge is 0.440 e. The summed E-state index contributed by atoms with van der Waals surface area (Å²) in [4.78, 5) is 5.53. The molecule has 0 bridgehead atoms. The van der Waals surface area contributed by atoms with Gasteiger partial charge in [-0.2, -0.15) is 13.2 Å². The highest BCUT2D eigenvalue weighted by Crippen LogP contribution is 2.39. The lowest BCUT2D eigenvalue weighted by molar-refractivity contribution is -0.249. The lowest BCUT2D eigenvalue weighted by Crippen LogP contribution is -2.47. The number of anilines is 1. The van der Waals surface area contributed by atoms with E-state index in [1.165, 1.54) is 47.0 Å². The van der Waals surface area contributed by atoms with Gasteiger partial charge in [-0.15, -0.1) is 11.8 Å². The molecule has 3 rings (SSSR count). The normalized spacial score (nSPS) is 20.1. The van der Waals surface area contributed by atoms with Crippen LogP contribution in [0.1, 0.15) is 5.56 Å². The van der Waals surface area contributed by atoms with Crippen molar-refractivity contribution in [2.75, 3.05) is 24.0 Å². The zero-order valence-electron chi connectivity index (χ0n) is 15.2. The van der Waals surface area contributed by atoms with Crippen molar-refractivity contribution in [2.45, 2.75) is 21.7 Å². The Morgan fingerprint density at radius 2 is 1.83 bits per heavy atom. The summed E-state index contributed by atoms with van der Waals surface area (Å²) >= 11 is 7.57. The number of amidine groups is 1. The molecule has 0 spiro atoms. The van der Waals surface area contributed by atoms with E-state index >= 15 is 0 Å². The van der Waals surface area contributed by atoms with Crippen LogP contribution >= 0.6 is 23.4 Å². The highest BCUT2D eigenvalue weighted by Gasteiger charge is 2.58. The molecule has 0 saturated heterocycles. The van der Waals surface area contributed by atoms with Gasteiger partial charge in [0.25, 0.3) is 5.72 Å². The van der Waals surface area contributed by atoms with Crippen LogP contribution in [0.4, 0.5) is 18.9 Å². The van der Waals surface area contributed by atoms with Crippen LogP contribution < -0.4 is 4.90 Å². The first-order valence-corrected chi connectivity index (χ1v) is 11.7. The predicted molar refractivity (Wildman–Crippen MR) is 108 cm³/mol. The van der Waals surface area contributed by atoms with E-state index in [0.29, 0.717) is 10.6 Å². The Kier molecular flexibility index (Phi) is 5.67. The molecule has 11 heteroatoms. The van der Waals surface area contributed by atoms with E-state index in [1.54, 1.807) is 12.1 Å². The van der Waals surface area contributed by atoms with Crippen LogP contribution in [-0.4, -0.2) is 50.3 Å². The van der Waals surface area contributed by atoms with Gasteiger partial charge in [-0.05, 0) is 42.7 Å². The number of aliphatic hydroxyl groups is 1. The zero-order chi connectivity index (χ0) is 21.6. The van der Waals surface area contributed by atoms with E-state index in [2.05, 4.69) is 4.99 Å². The van der Waals surface area contributed by atoms with E-state index in [0.717, 1.165) is 11.2 Å². The highest BCUT2D eigenvalue weighted by atomic mass is 35.5. The maximum Gasteiger partial charge on any atom is 0.440 e. The third kappa shape index (κ3) is 4.25. The topological polar surface area (TPSA) is 70.0 Å². The average molecular weight is 465 g/mol. The lowest BCUT2D eigenvalue weighted by Gasteiger charge is -2.25. The van der Waals surface area contributed by atoms with Crippen LogP contribution in [-0.2, 0) is 9.84 Å². The van der Waals surface area contributed by atoms with E-state index < -0.39 is 28.3 Å². The van der Waals surface area contributed by atoms with Crippen LogP contribution in [0, 0.1) is 0 Å². The Hall–Kier alpha value is -1.75. The molecule has 1 aliphatic rings. The maximum atomic E-state index is 13.4. The molecule has 1 aliphatic heterocycles. The van der Waals surface area contributed by atoms with Gasteiger partial charge in [-0.25, -0.2) is 13.4 Å². The fourth-order valence-electron chi connectivity index (χ4n) is 2.83. The van der Waals surface area contributed by atoms with Gasteiger partial charge < -0.3 is 10.0 Å². The third-order valence-electron chi connectivity index (χ3n) is 4.37. The van der Waals surface area contributed by atoms with Crippen LogP contribution in [0.15, 0.2) is 57.2 Å². The van der Waals surface area contributed by atoms with Crippen LogP contribution in [0.2, 0.25) is 5.02 Å². The SMILES string of the molecule is CSc1ccc(C2=NC(O)(C(F)(F)F)CN2c2ccc(S(C)(=O)=O)cc2)cc1Cl. The fourth-order valence-corrected chi connectivity index (χ4v) is 4.33. The summed E-state index contributed by atoms with van der Waals surface area (Å²) < 4.78 is 63.6. The smallest absolute Gasteiger partial charge is 0.361 e. The first-order chi connectivity index (χ1) is 13.4. The highest BCUT2D eigenvalue weighted by molar-refractivity contribution is 7.98. The Morgan fingerprint density at radius 1 is 1.21 bits per heavy atom. The number of thioether (sulfide) groups is 1. The second kappa shape index (κ2) is 7.50. The van der Waals surface area contributed by atoms with Gasteiger partial charge in [0.1, 0.15) is 5.84 Å². The Balaban J connectivity index is 2.10. The summed E-state index contributed by atoms with van der Waals surface area (Å²) in [6, 6.07) is 10.0. The molecule has 156 valence electrons. The van der Waals surface area contributed by atoms with Crippen molar-refractivity contribution < 1.29 is 26.7 Å². The molecule has 2 aromatic rings. The summed E-state index contributed by atoms with van der Waals surface area (Å²) in [6.07, 6.45) is -2.16. The molecule has 5 nitrogen and oxygen atoms in total. The van der Waals surface area contributed by atoms with Gasteiger partial charge in [-0.3, -0.25) is 0 Å². The van der Waals surface area contributed by atoms with E-state index in [9.17, 15) is 26.7 Å². The second-order valence-corrected chi connectivity index (χ2v) is 9.72. The summed E-state index contributed by atoms with van der Waals surface area (Å²) in [5.74, 6) is -0.119. The lowest BCUT2D eigenvalue weighted by atomic mass is 10.1. The Morgan fingerprint density at radius 3 is 2.31 bits per heavy atom. The number of alkyl halides is 3. The van der Waals surface area contributed by atoms with Crippen LogP contribution in [0.3, 0.4) is 0 Å². The molecule has 1 unspecified atom stereocenters. The molecule has 2 aromatic carbocycles. The van der Waals surface area contributed by atoms with Crippen molar-refractivity contribution >= 4 is 44.7 Å². The number of nitrogens with zero attached hydrogens (tertiary/aromatic N) is 2. The van der Waals surface area contributed by atoms with E-state index in [4.69, 9.17) is 11.6 Å². The van der Waals surface area contributed by atoms with Gasteiger partial charge in [-0.1, -0.05) is 17.7 Å². The summed E-state index contributed by atoms with van der Waals surface area (Å²) in [5.41, 5.74) is -2.76. The molecule has 0 amide bonds. The van der Waals surface area contributed by atoms with Crippen LogP contribution in [0.25, 0.3) is 0 Å². The van der Waals surface area contributed by atoms with Crippen molar-refractivity contribution in [3.05, 3.63) is 53.1 Å². The van der Waals surface area contributed by atoms with E-state index in [1.807, 2.05) is 6.26 Å². The average Bonchev–Trinajstić information content (AvgIpc) is 3.00. The number of β-amino-alcohol motifs (C(OH)–C–C–N with tert-alkyl or cyclic N) is 1. The molecule has 0 saturated carbocycles. The molecular formula is C18H16ClF3N2O3S2. The van der Waals surface area contributed by atoms with Gasteiger partial charge >= 0.3 is 6.18 Å². The van der Waals surface area contributed by atoms with Gasteiger partial charge in [0.2, 0.25) is 0 Å². The first kappa shape index (κ1) is 21.9. The predicted octanol–water partition coefficient (Wildman–Crippen LogP) is 3.98. The molecule has 0 aromatic heterocycles. The monoisotopic (exact) mass is 464 g/mol. The zero-order valence-corrected chi connectivity index (χ0v) is 17.6. The van der Waals surface area contributed by atoms with Gasteiger partial charge in [0.15, 0.2) is 9.84 Å². The number of aliphatic imine (C=N–C) groups is 1. The molecule has 0 radical (unpaired) electrons. The second-order valence-electron chi connectivity index (χ2n) is 6.45. The van der Waals surface area contributed by atoms with Gasteiger partial charge in [0.05, 0.1) is 16.5 Å². The van der Waals surface area contributed by atoms with Crippen molar-refractivity contribution in [1.82, 2.24) is 0 Å². The minimum atomic E-state index is -5.00. The van der Waals surface area contributed by atoms with Crippen molar-refractivity contribution in [2.24, 2.45) is 4.99 Å². The third-order valence-corrected chi connectivity index (χ3v) is 6.71. The van der Waals surface area contributed by atoms with Gasteiger partial charge in [0, 0.05) is 22.4 Å². The molecule has 1 N–H and O–H groups in total.